The molecule has 2 rings (SSSR count). The summed E-state index contributed by atoms with van der Waals surface area (Å²) >= 11 is 0. The first-order valence-corrected chi connectivity index (χ1v) is 10.9. The summed E-state index contributed by atoms with van der Waals surface area (Å²) in [4.78, 5) is 26.1. The first-order chi connectivity index (χ1) is 13.6. The highest BCUT2D eigenvalue weighted by molar-refractivity contribution is 7.90. The van der Waals surface area contributed by atoms with Gasteiger partial charge in [0.15, 0.2) is 16.4 Å². The van der Waals surface area contributed by atoms with E-state index in [2.05, 4.69) is 0 Å². The Labute approximate surface area is 171 Å². The number of likely N-dealkylation sites (N-methyl/N-ethyl adjacent to an activating group) is 1. The average Bonchev–Trinajstić information content (AvgIpc) is 2.67. The number of sulfone groups is 1. The van der Waals surface area contributed by atoms with Gasteiger partial charge in [0.05, 0.1) is 17.1 Å². The Bertz CT molecular complexity index is 983. The summed E-state index contributed by atoms with van der Waals surface area (Å²) in [5.41, 5.74) is 1.60. The molecule has 0 saturated heterocycles. The van der Waals surface area contributed by atoms with E-state index in [0.29, 0.717) is 18.7 Å². The molecule has 156 valence electrons. The molecule has 29 heavy (non-hydrogen) atoms. The Balaban J connectivity index is 1.96. The van der Waals surface area contributed by atoms with Crippen LogP contribution in [0, 0.1) is 6.92 Å². The SMILES string of the molecule is CCOc1ccc(CN(C)C(=O)COC(=O)c2cc(S(C)(=O)=O)ccc2C)cc1. The Morgan fingerprint density at radius 3 is 2.31 bits per heavy atom. The summed E-state index contributed by atoms with van der Waals surface area (Å²) in [5, 5.41) is 0. The van der Waals surface area contributed by atoms with Crippen LogP contribution in [0.5, 0.6) is 5.75 Å². The predicted molar refractivity (Wildman–Crippen MR) is 109 cm³/mol. The fraction of sp³-hybridized carbons (Fsp3) is 0.333. The second-order valence-corrected chi connectivity index (χ2v) is 8.67. The Hall–Kier alpha value is -2.87. The van der Waals surface area contributed by atoms with E-state index in [9.17, 15) is 18.0 Å². The second-order valence-electron chi connectivity index (χ2n) is 6.65. The van der Waals surface area contributed by atoms with Gasteiger partial charge >= 0.3 is 5.97 Å². The van der Waals surface area contributed by atoms with Crippen LogP contribution in [0.15, 0.2) is 47.4 Å². The molecule has 0 aliphatic rings. The molecule has 1 amide bonds. The number of esters is 1. The number of carbonyl (C=O) groups excluding carboxylic acids is 2. The topological polar surface area (TPSA) is 90.0 Å². The maximum Gasteiger partial charge on any atom is 0.338 e. The van der Waals surface area contributed by atoms with Crippen LogP contribution in [0.3, 0.4) is 0 Å². The zero-order valence-corrected chi connectivity index (χ0v) is 17.8. The van der Waals surface area contributed by atoms with Crippen molar-refractivity contribution in [3.05, 3.63) is 59.2 Å². The van der Waals surface area contributed by atoms with Gasteiger partial charge in [-0.2, -0.15) is 0 Å². The number of amides is 1. The van der Waals surface area contributed by atoms with E-state index in [1.807, 2.05) is 31.2 Å². The van der Waals surface area contributed by atoms with E-state index in [-0.39, 0.29) is 16.4 Å². The van der Waals surface area contributed by atoms with Crippen LogP contribution in [0.2, 0.25) is 0 Å². The maximum atomic E-state index is 12.3. The summed E-state index contributed by atoms with van der Waals surface area (Å²) in [6.07, 6.45) is 1.06. The zero-order chi connectivity index (χ0) is 21.6. The summed E-state index contributed by atoms with van der Waals surface area (Å²) in [5.74, 6) is -0.356. The van der Waals surface area contributed by atoms with Gasteiger partial charge in [-0.3, -0.25) is 4.79 Å². The fourth-order valence-electron chi connectivity index (χ4n) is 2.59. The monoisotopic (exact) mass is 419 g/mol. The molecule has 0 saturated carbocycles. The lowest BCUT2D eigenvalue weighted by Gasteiger charge is -2.17. The van der Waals surface area contributed by atoms with Gasteiger partial charge in [0.25, 0.3) is 5.91 Å². The molecule has 2 aromatic rings. The van der Waals surface area contributed by atoms with Gasteiger partial charge in [0, 0.05) is 19.8 Å². The Kier molecular flexibility index (Phi) is 7.39. The lowest BCUT2D eigenvalue weighted by molar-refractivity contribution is -0.133. The van der Waals surface area contributed by atoms with Crippen LogP contribution >= 0.6 is 0 Å². The van der Waals surface area contributed by atoms with Crippen LogP contribution in [-0.2, 0) is 25.9 Å². The maximum absolute atomic E-state index is 12.3. The van der Waals surface area contributed by atoms with E-state index in [1.165, 1.54) is 23.1 Å². The van der Waals surface area contributed by atoms with Crippen LogP contribution in [0.4, 0.5) is 0 Å². The number of ether oxygens (including phenoxy) is 2. The van der Waals surface area contributed by atoms with E-state index in [0.717, 1.165) is 17.6 Å². The standard InChI is InChI=1S/C21H25NO6S/c1-5-27-17-9-7-16(8-10-17)13-22(3)20(23)14-28-21(24)19-12-18(29(4,25)26)11-6-15(19)2/h6-12H,5,13-14H2,1-4H3. The second kappa shape index (κ2) is 9.56. The number of carbonyl (C=O) groups is 2. The Morgan fingerprint density at radius 2 is 1.72 bits per heavy atom. The number of benzene rings is 2. The third-order valence-corrected chi connectivity index (χ3v) is 5.37. The van der Waals surface area contributed by atoms with Gasteiger partial charge < -0.3 is 14.4 Å². The van der Waals surface area contributed by atoms with Crippen LogP contribution in [0.25, 0.3) is 0 Å². The van der Waals surface area contributed by atoms with Crippen molar-refractivity contribution in [2.24, 2.45) is 0 Å². The molecule has 8 heteroatoms. The third-order valence-electron chi connectivity index (χ3n) is 4.26. The van der Waals surface area contributed by atoms with Gasteiger partial charge in [-0.25, -0.2) is 13.2 Å². The smallest absolute Gasteiger partial charge is 0.338 e. The first kappa shape index (κ1) is 22.4. The number of hydrogen-bond donors (Lipinski definition) is 0. The summed E-state index contributed by atoms with van der Waals surface area (Å²) in [6.45, 7) is 4.07. The molecule has 0 N–H and O–H groups in total. The molecular weight excluding hydrogens is 394 g/mol. The van der Waals surface area contributed by atoms with E-state index in [1.54, 1.807) is 14.0 Å². The highest BCUT2D eigenvalue weighted by Crippen LogP contribution is 2.17. The fourth-order valence-corrected chi connectivity index (χ4v) is 3.23. The molecule has 7 nitrogen and oxygen atoms in total. The van der Waals surface area contributed by atoms with Crippen LogP contribution < -0.4 is 4.74 Å². The van der Waals surface area contributed by atoms with E-state index in [4.69, 9.17) is 9.47 Å². The highest BCUT2D eigenvalue weighted by atomic mass is 32.2. The molecule has 0 radical (unpaired) electrons. The molecule has 0 unspecified atom stereocenters. The minimum atomic E-state index is -3.45. The molecule has 0 aliphatic heterocycles. The highest BCUT2D eigenvalue weighted by Gasteiger charge is 2.18. The number of hydrogen-bond acceptors (Lipinski definition) is 6. The summed E-state index contributed by atoms with van der Waals surface area (Å²) in [7, 11) is -1.84. The van der Waals surface area contributed by atoms with E-state index < -0.39 is 22.4 Å². The van der Waals surface area contributed by atoms with Gasteiger partial charge in [0.1, 0.15) is 5.75 Å². The van der Waals surface area contributed by atoms with Crippen molar-refractivity contribution < 1.29 is 27.5 Å². The number of rotatable bonds is 8. The van der Waals surface area contributed by atoms with Crippen molar-refractivity contribution in [1.82, 2.24) is 4.90 Å². The molecule has 0 bridgehead atoms. The lowest BCUT2D eigenvalue weighted by Crippen LogP contribution is -2.31. The normalized spacial score (nSPS) is 11.0. The summed E-state index contributed by atoms with van der Waals surface area (Å²) < 4.78 is 33.9. The molecule has 0 aliphatic carbocycles. The molecule has 0 spiro atoms. The van der Waals surface area contributed by atoms with Gasteiger partial charge in [0.2, 0.25) is 0 Å². The minimum Gasteiger partial charge on any atom is -0.494 e. The molecule has 0 fully saturated rings. The van der Waals surface area contributed by atoms with Gasteiger partial charge in [-0.05, 0) is 49.2 Å². The zero-order valence-electron chi connectivity index (χ0n) is 17.0. The largest absolute Gasteiger partial charge is 0.494 e. The van der Waals surface area contributed by atoms with Gasteiger partial charge in [-0.1, -0.05) is 18.2 Å². The summed E-state index contributed by atoms with van der Waals surface area (Å²) in [6, 6.07) is 11.6. The molecule has 0 atom stereocenters. The van der Waals surface area contributed by atoms with Crippen LogP contribution in [0.1, 0.15) is 28.4 Å². The number of aryl methyl sites for hydroxylation is 1. The van der Waals surface area contributed by atoms with Crippen molar-refractivity contribution in [2.75, 3.05) is 26.5 Å². The van der Waals surface area contributed by atoms with E-state index >= 15 is 0 Å². The number of nitrogens with zero attached hydrogens (tertiary/aromatic N) is 1. The van der Waals surface area contributed by atoms with Gasteiger partial charge in [-0.15, -0.1) is 0 Å². The van der Waals surface area contributed by atoms with Crippen molar-refractivity contribution >= 4 is 21.7 Å². The molecule has 2 aromatic carbocycles. The quantitative estimate of drug-likeness (QED) is 0.611. The van der Waals surface area contributed by atoms with Crippen molar-refractivity contribution in [3.8, 4) is 5.75 Å². The first-order valence-electron chi connectivity index (χ1n) is 9.05. The third kappa shape index (κ3) is 6.32. The van der Waals surface area contributed by atoms with Crippen molar-refractivity contribution in [1.29, 1.82) is 0 Å². The molecular formula is C21H25NO6S. The minimum absolute atomic E-state index is 0.0222. The molecule has 0 aromatic heterocycles. The van der Waals surface area contributed by atoms with Crippen molar-refractivity contribution in [2.45, 2.75) is 25.3 Å². The molecule has 0 heterocycles. The predicted octanol–water partition coefficient (Wildman–Crippen LogP) is 2.61. The van der Waals surface area contributed by atoms with Crippen molar-refractivity contribution in [3.63, 3.8) is 0 Å². The lowest BCUT2D eigenvalue weighted by atomic mass is 10.1. The van der Waals surface area contributed by atoms with Crippen LogP contribution in [-0.4, -0.2) is 51.7 Å². The average molecular weight is 419 g/mol. The Morgan fingerprint density at radius 1 is 1.07 bits per heavy atom.